The first kappa shape index (κ1) is 21.2. The van der Waals surface area contributed by atoms with Crippen LogP contribution in [0.3, 0.4) is 0 Å². The monoisotopic (exact) mass is 439 g/mol. The molecule has 1 aromatic heterocycles. The molecule has 3 aromatic rings. The number of rotatable bonds is 4. The number of pyridine rings is 1. The molecule has 0 aliphatic carbocycles. The molecule has 1 saturated heterocycles. The third-order valence-electron chi connectivity index (χ3n) is 5.99. The summed E-state index contributed by atoms with van der Waals surface area (Å²) in [7, 11) is 0. The first-order chi connectivity index (χ1) is 14.9. The van der Waals surface area contributed by atoms with Crippen LogP contribution in [0.2, 0.25) is 5.02 Å². The molecule has 4 rings (SSSR count). The number of fused-ring (bicyclic) bond motifs is 1. The van der Waals surface area contributed by atoms with Crippen molar-refractivity contribution < 1.29 is 14.0 Å². The summed E-state index contributed by atoms with van der Waals surface area (Å²) in [5.41, 5.74) is 1.76. The van der Waals surface area contributed by atoms with Crippen LogP contribution in [-0.4, -0.2) is 34.8 Å². The van der Waals surface area contributed by atoms with Crippen molar-refractivity contribution in [2.75, 3.05) is 18.4 Å². The van der Waals surface area contributed by atoms with Crippen molar-refractivity contribution in [2.24, 2.45) is 11.8 Å². The zero-order valence-corrected chi connectivity index (χ0v) is 17.9. The number of hydrogen-bond acceptors (Lipinski definition) is 3. The minimum absolute atomic E-state index is 0.0392. The van der Waals surface area contributed by atoms with E-state index in [4.69, 9.17) is 11.6 Å². The zero-order valence-electron chi connectivity index (χ0n) is 17.1. The molecule has 1 fully saturated rings. The van der Waals surface area contributed by atoms with Gasteiger partial charge in [0.05, 0.1) is 11.1 Å². The third-order valence-corrected chi connectivity index (χ3v) is 6.25. The van der Waals surface area contributed by atoms with E-state index in [1.807, 2.05) is 6.92 Å². The van der Waals surface area contributed by atoms with Crippen LogP contribution >= 0.6 is 11.6 Å². The van der Waals surface area contributed by atoms with Crippen LogP contribution < -0.4 is 5.32 Å². The third kappa shape index (κ3) is 4.69. The van der Waals surface area contributed by atoms with Crippen LogP contribution in [0, 0.1) is 17.7 Å². The summed E-state index contributed by atoms with van der Waals surface area (Å²) < 4.78 is 13.7. The van der Waals surface area contributed by atoms with Crippen molar-refractivity contribution >= 4 is 40.0 Å². The standard InChI is InChI=1S/C24H23ClFN3O2/c1-15(23(30)28-19-5-2-17(25)3-6-19)16-9-12-29(13-10-16)24(31)20-8-11-27-22-7-4-18(26)14-21(20)22/h2-8,11,14-16H,9-10,12-13H2,1H3,(H,28,30)/t15-/m0/s1. The predicted octanol–water partition coefficient (Wildman–Crippen LogP) is 5.15. The van der Waals surface area contributed by atoms with Gasteiger partial charge in [-0.05, 0) is 67.3 Å². The highest BCUT2D eigenvalue weighted by Gasteiger charge is 2.30. The van der Waals surface area contributed by atoms with Gasteiger partial charge in [0.25, 0.3) is 5.91 Å². The summed E-state index contributed by atoms with van der Waals surface area (Å²) >= 11 is 5.89. The number of carbonyl (C=O) groups excluding carboxylic acids is 2. The number of aromatic nitrogens is 1. The fourth-order valence-electron chi connectivity index (χ4n) is 4.08. The Kier molecular flexibility index (Phi) is 6.18. The fraction of sp³-hybridized carbons (Fsp3) is 0.292. The second-order valence-electron chi connectivity index (χ2n) is 7.93. The fourth-order valence-corrected chi connectivity index (χ4v) is 4.21. The van der Waals surface area contributed by atoms with Crippen LogP contribution in [0.25, 0.3) is 10.9 Å². The van der Waals surface area contributed by atoms with Crippen molar-refractivity contribution in [3.05, 3.63) is 71.1 Å². The minimum atomic E-state index is -0.395. The number of anilines is 1. The number of amides is 2. The molecule has 1 aliphatic rings. The van der Waals surface area contributed by atoms with Crippen LogP contribution in [0.5, 0.6) is 0 Å². The van der Waals surface area contributed by atoms with Gasteiger partial charge < -0.3 is 10.2 Å². The van der Waals surface area contributed by atoms with Gasteiger partial charge in [0.1, 0.15) is 5.82 Å². The molecule has 160 valence electrons. The molecule has 0 radical (unpaired) electrons. The van der Waals surface area contributed by atoms with Gasteiger partial charge in [-0.2, -0.15) is 0 Å². The Morgan fingerprint density at radius 2 is 1.84 bits per heavy atom. The quantitative estimate of drug-likeness (QED) is 0.611. The van der Waals surface area contributed by atoms with Gasteiger partial charge in [0, 0.05) is 41.3 Å². The van der Waals surface area contributed by atoms with Crippen molar-refractivity contribution in [3.8, 4) is 0 Å². The Balaban J connectivity index is 1.39. The van der Waals surface area contributed by atoms with Crippen molar-refractivity contribution in [1.82, 2.24) is 9.88 Å². The van der Waals surface area contributed by atoms with E-state index in [2.05, 4.69) is 10.3 Å². The van der Waals surface area contributed by atoms with Crippen LogP contribution in [0.15, 0.2) is 54.7 Å². The van der Waals surface area contributed by atoms with E-state index in [0.717, 1.165) is 12.8 Å². The minimum Gasteiger partial charge on any atom is -0.339 e. The number of nitrogens with zero attached hydrogens (tertiary/aromatic N) is 2. The van der Waals surface area contributed by atoms with Crippen molar-refractivity contribution in [3.63, 3.8) is 0 Å². The average molecular weight is 440 g/mol. The van der Waals surface area contributed by atoms with E-state index in [9.17, 15) is 14.0 Å². The lowest BCUT2D eigenvalue weighted by Crippen LogP contribution is -2.41. The smallest absolute Gasteiger partial charge is 0.254 e. The largest absolute Gasteiger partial charge is 0.339 e. The van der Waals surface area contributed by atoms with Crippen molar-refractivity contribution in [2.45, 2.75) is 19.8 Å². The molecule has 31 heavy (non-hydrogen) atoms. The van der Waals surface area contributed by atoms with Gasteiger partial charge in [-0.15, -0.1) is 0 Å². The van der Waals surface area contributed by atoms with E-state index in [0.29, 0.717) is 40.3 Å². The number of nitrogens with one attached hydrogen (secondary N) is 1. The number of hydrogen-bond donors (Lipinski definition) is 1. The van der Waals surface area contributed by atoms with Crippen molar-refractivity contribution in [1.29, 1.82) is 0 Å². The number of piperidine rings is 1. The first-order valence-electron chi connectivity index (χ1n) is 10.3. The molecule has 2 aromatic carbocycles. The Bertz CT molecular complexity index is 1110. The topological polar surface area (TPSA) is 62.3 Å². The Hall–Kier alpha value is -2.99. The molecular formula is C24H23ClFN3O2. The Morgan fingerprint density at radius 3 is 2.55 bits per heavy atom. The average Bonchev–Trinajstić information content (AvgIpc) is 2.79. The number of halogens is 2. The molecule has 0 bridgehead atoms. The SMILES string of the molecule is C[C@H](C(=O)Nc1ccc(Cl)cc1)C1CCN(C(=O)c2ccnc3ccc(F)cc23)CC1. The Morgan fingerprint density at radius 1 is 1.13 bits per heavy atom. The molecule has 5 nitrogen and oxygen atoms in total. The van der Waals surface area contributed by atoms with Gasteiger partial charge in [0.2, 0.25) is 5.91 Å². The summed E-state index contributed by atoms with van der Waals surface area (Å²) in [6.45, 7) is 3.04. The summed E-state index contributed by atoms with van der Waals surface area (Å²) in [5.74, 6) is -0.557. The van der Waals surface area contributed by atoms with Gasteiger partial charge >= 0.3 is 0 Å². The molecule has 2 amide bonds. The molecule has 1 aliphatic heterocycles. The van der Waals surface area contributed by atoms with Gasteiger partial charge in [-0.3, -0.25) is 14.6 Å². The van der Waals surface area contributed by atoms with Gasteiger partial charge in [-0.25, -0.2) is 4.39 Å². The maximum Gasteiger partial charge on any atom is 0.254 e. The molecule has 0 saturated carbocycles. The lowest BCUT2D eigenvalue weighted by atomic mass is 9.84. The molecule has 1 atom stereocenters. The van der Waals surface area contributed by atoms with Gasteiger partial charge in [0.15, 0.2) is 0 Å². The molecule has 7 heteroatoms. The van der Waals surface area contributed by atoms with Crippen LogP contribution in [-0.2, 0) is 4.79 Å². The van der Waals surface area contributed by atoms with Crippen LogP contribution in [0.4, 0.5) is 10.1 Å². The van der Waals surface area contributed by atoms with E-state index in [-0.39, 0.29) is 23.7 Å². The normalized spacial score (nSPS) is 15.6. The highest BCUT2D eigenvalue weighted by molar-refractivity contribution is 6.30. The molecule has 0 unspecified atom stereocenters. The summed E-state index contributed by atoms with van der Waals surface area (Å²) in [6, 6.07) is 12.9. The molecule has 2 heterocycles. The predicted molar refractivity (Wildman–Crippen MR) is 120 cm³/mol. The number of benzene rings is 2. The Labute approximate surface area is 185 Å². The lowest BCUT2D eigenvalue weighted by molar-refractivity contribution is -0.121. The van der Waals surface area contributed by atoms with E-state index in [1.165, 1.54) is 12.1 Å². The van der Waals surface area contributed by atoms with E-state index in [1.54, 1.807) is 47.5 Å². The number of carbonyl (C=O) groups is 2. The summed E-state index contributed by atoms with van der Waals surface area (Å²) in [4.78, 5) is 31.7. The van der Waals surface area contributed by atoms with Gasteiger partial charge in [-0.1, -0.05) is 18.5 Å². The molecule has 1 N–H and O–H groups in total. The zero-order chi connectivity index (χ0) is 22.0. The maximum absolute atomic E-state index is 13.7. The lowest BCUT2D eigenvalue weighted by Gasteiger charge is -2.34. The second-order valence-corrected chi connectivity index (χ2v) is 8.37. The molecular weight excluding hydrogens is 417 g/mol. The van der Waals surface area contributed by atoms with E-state index < -0.39 is 5.82 Å². The highest BCUT2D eigenvalue weighted by atomic mass is 35.5. The first-order valence-corrected chi connectivity index (χ1v) is 10.7. The second kappa shape index (κ2) is 9.02. The maximum atomic E-state index is 13.7. The van der Waals surface area contributed by atoms with E-state index >= 15 is 0 Å². The summed E-state index contributed by atoms with van der Waals surface area (Å²) in [6.07, 6.45) is 3.04. The van der Waals surface area contributed by atoms with Crippen LogP contribution in [0.1, 0.15) is 30.1 Å². The highest BCUT2D eigenvalue weighted by Crippen LogP contribution is 2.28. The number of likely N-dealkylation sites (tertiary alicyclic amines) is 1. The summed E-state index contributed by atoms with van der Waals surface area (Å²) in [5, 5.41) is 4.07. The molecule has 0 spiro atoms.